The van der Waals surface area contributed by atoms with Gasteiger partial charge in [0.2, 0.25) is 5.91 Å². The molecule has 0 aliphatic heterocycles. The second kappa shape index (κ2) is 10.7. The van der Waals surface area contributed by atoms with E-state index in [0.717, 1.165) is 0 Å². The predicted molar refractivity (Wildman–Crippen MR) is 113 cm³/mol. The molecule has 2 aromatic rings. The number of ether oxygens (including phenoxy) is 4. The molecule has 9 nitrogen and oxygen atoms in total. The van der Waals surface area contributed by atoms with Gasteiger partial charge in [0.15, 0.2) is 11.5 Å². The average Bonchev–Trinajstić information content (AvgIpc) is 2.76. The van der Waals surface area contributed by atoms with Gasteiger partial charge in [-0.3, -0.25) is 9.59 Å². The number of amides is 2. The van der Waals surface area contributed by atoms with Gasteiger partial charge in [0.1, 0.15) is 11.5 Å². The molecule has 0 atom stereocenters. The highest BCUT2D eigenvalue weighted by molar-refractivity contribution is 6.06. The Morgan fingerprint density at radius 2 is 1.57 bits per heavy atom. The van der Waals surface area contributed by atoms with Crippen LogP contribution in [0.3, 0.4) is 0 Å². The van der Waals surface area contributed by atoms with Crippen molar-refractivity contribution < 1.29 is 28.5 Å². The zero-order chi connectivity index (χ0) is 22.1. The number of carbonyl (C=O) groups excluding carboxylic acids is 2. The van der Waals surface area contributed by atoms with Crippen LogP contribution in [0, 0.1) is 0 Å². The standard InChI is InChI=1S/C21H25N3O6/c1-13(10-20(25)22-16-8-7-15(27-2)12-18(16)29-4)23-24-21(26)14-6-9-17(28-3)19(11-14)30-5/h6-9,11-12H,10H2,1-5H3,(H,22,25)(H,24,26). The molecule has 30 heavy (non-hydrogen) atoms. The molecule has 160 valence electrons. The molecule has 0 bridgehead atoms. The summed E-state index contributed by atoms with van der Waals surface area (Å²) in [6.07, 6.45) is -0.0125. The van der Waals surface area contributed by atoms with E-state index >= 15 is 0 Å². The molecule has 9 heteroatoms. The number of carbonyl (C=O) groups is 2. The molecule has 0 heterocycles. The van der Waals surface area contributed by atoms with Crippen LogP contribution in [-0.2, 0) is 4.79 Å². The van der Waals surface area contributed by atoms with Gasteiger partial charge < -0.3 is 24.3 Å². The van der Waals surface area contributed by atoms with Gasteiger partial charge in [0.05, 0.1) is 40.5 Å². The highest BCUT2D eigenvalue weighted by Crippen LogP contribution is 2.29. The van der Waals surface area contributed by atoms with Crippen molar-refractivity contribution in [2.24, 2.45) is 5.10 Å². The molecular weight excluding hydrogens is 390 g/mol. The minimum Gasteiger partial charge on any atom is -0.497 e. The Labute approximate surface area is 175 Å². The van der Waals surface area contributed by atoms with E-state index in [2.05, 4.69) is 15.8 Å². The Morgan fingerprint density at radius 1 is 0.867 bits per heavy atom. The summed E-state index contributed by atoms with van der Waals surface area (Å²) in [5.41, 5.74) is 3.70. The zero-order valence-electron chi connectivity index (χ0n) is 17.6. The molecule has 2 N–H and O–H groups in total. The van der Waals surface area contributed by atoms with E-state index in [9.17, 15) is 9.59 Å². The summed E-state index contributed by atoms with van der Waals surface area (Å²) in [7, 11) is 6.04. The first-order valence-corrected chi connectivity index (χ1v) is 8.99. The minimum atomic E-state index is -0.437. The highest BCUT2D eigenvalue weighted by atomic mass is 16.5. The van der Waals surface area contributed by atoms with Gasteiger partial charge in [-0.15, -0.1) is 0 Å². The minimum absolute atomic E-state index is 0.0125. The molecule has 0 aliphatic rings. The van der Waals surface area contributed by atoms with Gasteiger partial charge in [-0.2, -0.15) is 5.10 Å². The van der Waals surface area contributed by atoms with Gasteiger partial charge in [-0.25, -0.2) is 5.43 Å². The second-order valence-corrected chi connectivity index (χ2v) is 6.15. The predicted octanol–water partition coefficient (Wildman–Crippen LogP) is 2.86. The van der Waals surface area contributed by atoms with Crippen LogP contribution in [0.15, 0.2) is 41.5 Å². The Morgan fingerprint density at radius 3 is 2.20 bits per heavy atom. The second-order valence-electron chi connectivity index (χ2n) is 6.15. The molecule has 0 fully saturated rings. The van der Waals surface area contributed by atoms with Crippen molar-refractivity contribution in [1.29, 1.82) is 0 Å². The number of rotatable bonds is 9. The zero-order valence-corrected chi connectivity index (χ0v) is 17.6. The fourth-order valence-electron chi connectivity index (χ4n) is 2.56. The van der Waals surface area contributed by atoms with Gasteiger partial charge in [0, 0.05) is 17.3 Å². The van der Waals surface area contributed by atoms with Gasteiger partial charge in [-0.05, 0) is 37.3 Å². The van der Waals surface area contributed by atoms with E-state index in [-0.39, 0.29) is 12.3 Å². The van der Waals surface area contributed by atoms with Crippen LogP contribution in [0.1, 0.15) is 23.7 Å². The molecular formula is C21H25N3O6. The van der Waals surface area contributed by atoms with Gasteiger partial charge in [0.25, 0.3) is 5.91 Å². The molecule has 0 unspecified atom stereocenters. The molecule has 0 aliphatic carbocycles. The number of nitrogens with one attached hydrogen (secondary N) is 2. The number of hydrogen-bond donors (Lipinski definition) is 2. The molecule has 2 amide bonds. The fourth-order valence-corrected chi connectivity index (χ4v) is 2.56. The number of hydrazone groups is 1. The lowest BCUT2D eigenvalue weighted by atomic mass is 10.2. The van der Waals surface area contributed by atoms with Crippen LogP contribution in [0.5, 0.6) is 23.0 Å². The smallest absolute Gasteiger partial charge is 0.271 e. The number of hydrogen-bond acceptors (Lipinski definition) is 7. The van der Waals surface area contributed by atoms with E-state index < -0.39 is 5.91 Å². The summed E-state index contributed by atoms with van der Waals surface area (Å²) in [6, 6.07) is 9.81. The summed E-state index contributed by atoms with van der Waals surface area (Å²) in [4.78, 5) is 24.6. The largest absolute Gasteiger partial charge is 0.497 e. The van der Waals surface area contributed by atoms with E-state index in [1.807, 2.05) is 0 Å². The molecule has 0 aromatic heterocycles. The van der Waals surface area contributed by atoms with E-state index in [4.69, 9.17) is 18.9 Å². The van der Waals surface area contributed by atoms with E-state index in [1.54, 1.807) is 50.4 Å². The van der Waals surface area contributed by atoms with Crippen molar-refractivity contribution in [3.8, 4) is 23.0 Å². The fraction of sp³-hybridized carbons (Fsp3) is 0.286. The lowest BCUT2D eigenvalue weighted by Crippen LogP contribution is -2.21. The van der Waals surface area contributed by atoms with Crippen LogP contribution in [-0.4, -0.2) is 46.0 Å². The Bertz CT molecular complexity index is 942. The molecule has 2 aromatic carbocycles. The third-order valence-corrected chi connectivity index (χ3v) is 4.09. The van der Waals surface area contributed by atoms with Crippen molar-refractivity contribution in [3.63, 3.8) is 0 Å². The maximum absolute atomic E-state index is 12.3. The molecule has 0 radical (unpaired) electrons. The van der Waals surface area contributed by atoms with E-state index in [0.29, 0.717) is 40.0 Å². The van der Waals surface area contributed by atoms with Crippen molar-refractivity contribution in [3.05, 3.63) is 42.0 Å². The topological polar surface area (TPSA) is 107 Å². The quantitative estimate of drug-likeness (QED) is 0.482. The van der Waals surface area contributed by atoms with Crippen molar-refractivity contribution in [1.82, 2.24) is 5.43 Å². The lowest BCUT2D eigenvalue weighted by molar-refractivity contribution is -0.115. The Kier molecular flexibility index (Phi) is 8.04. The van der Waals surface area contributed by atoms with Gasteiger partial charge >= 0.3 is 0 Å². The molecule has 0 saturated heterocycles. The van der Waals surface area contributed by atoms with E-state index in [1.165, 1.54) is 21.3 Å². The van der Waals surface area contributed by atoms with Crippen LogP contribution < -0.4 is 29.7 Å². The maximum Gasteiger partial charge on any atom is 0.271 e. The normalized spacial score (nSPS) is 10.8. The first-order valence-electron chi connectivity index (χ1n) is 8.99. The van der Waals surface area contributed by atoms with Crippen LogP contribution in [0.4, 0.5) is 5.69 Å². The lowest BCUT2D eigenvalue weighted by Gasteiger charge is -2.11. The summed E-state index contributed by atoms with van der Waals surface area (Å²) in [5, 5.41) is 6.73. The number of methoxy groups -OCH3 is 4. The van der Waals surface area contributed by atoms with Crippen LogP contribution in [0.25, 0.3) is 0 Å². The number of anilines is 1. The summed E-state index contributed by atoms with van der Waals surface area (Å²) < 4.78 is 20.7. The SMILES string of the molecule is COc1ccc(NC(=O)CC(C)=NNC(=O)c2ccc(OC)c(OC)c2)c(OC)c1. The van der Waals surface area contributed by atoms with Crippen LogP contribution in [0.2, 0.25) is 0 Å². The molecule has 0 saturated carbocycles. The summed E-state index contributed by atoms with van der Waals surface area (Å²) in [6.45, 7) is 1.64. The Balaban J connectivity index is 1.98. The van der Waals surface area contributed by atoms with Crippen molar-refractivity contribution >= 4 is 23.2 Å². The third-order valence-electron chi connectivity index (χ3n) is 4.09. The van der Waals surface area contributed by atoms with Crippen molar-refractivity contribution in [2.75, 3.05) is 33.8 Å². The Hall–Kier alpha value is -3.75. The number of nitrogens with zero attached hydrogens (tertiary/aromatic N) is 1. The first-order chi connectivity index (χ1) is 14.4. The van der Waals surface area contributed by atoms with Gasteiger partial charge in [-0.1, -0.05) is 0 Å². The maximum atomic E-state index is 12.3. The summed E-state index contributed by atoms with van der Waals surface area (Å²) in [5.74, 6) is 1.28. The number of benzene rings is 2. The summed E-state index contributed by atoms with van der Waals surface area (Å²) >= 11 is 0. The molecule has 0 spiro atoms. The van der Waals surface area contributed by atoms with Crippen LogP contribution >= 0.6 is 0 Å². The highest BCUT2D eigenvalue weighted by Gasteiger charge is 2.12. The monoisotopic (exact) mass is 415 g/mol. The van der Waals surface area contributed by atoms with Crippen molar-refractivity contribution in [2.45, 2.75) is 13.3 Å². The third kappa shape index (κ3) is 5.87. The molecule has 2 rings (SSSR count). The first kappa shape index (κ1) is 22.5. The average molecular weight is 415 g/mol.